The van der Waals surface area contributed by atoms with E-state index in [9.17, 15) is 30.2 Å². The minimum Gasteiger partial charge on any atom is -0.466 e. The molecule has 23 heavy (non-hydrogen) atoms. The van der Waals surface area contributed by atoms with E-state index in [-0.39, 0.29) is 10.6 Å². The molecule has 1 saturated heterocycles. The number of rotatable bonds is 4. The molecule has 1 aliphatic rings. The van der Waals surface area contributed by atoms with Gasteiger partial charge in [-0.05, 0) is 6.07 Å². The van der Waals surface area contributed by atoms with E-state index in [4.69, 9.17) is 4.74 Å². The molecule has 10 heteroatoms. The zero-order valence-corrected chi connectivity index (χ0v) is 12.8. The molecule has 1 heterocycles. The first-order valence-corrected chi connectivity index (χ1v) is 7.34. The summed E-state index contributed by atoms with van der Waals surface area (Å²) >= 11 is 0.554. The van der Waals surface area contributed by atoms with Gasteiger partial charge in [0.15, 0.2) is 0 Å². The highest BCUT2D eigenvalue weighted by Gasteiger charge is 2.57. The van der Waals surface area contributed by atoms with E-state index in [1.807, 2.05) is 0 Å². The summed E-state index contributed by atoms with van der Waals surface area (Å²) in [6.07, 6.45) is -4.91. The van der Waals surface area contributed by atoms with Crippen molar-refractivity contribution < 1.29 is 34.5 Å². The highest BCUT2D eigenvalue weighted by molar-refractivity contribution is 8.01. The quantitative estimate of drug-likeness (QED) is 0.380. The molecule has 9 nitrogen and oxygen atoms in total. The van der Waals surface area contributed by atoms with Crippen molar-refractivity contribution in [2.24, 2.45) is 0 Å². The third kappa shape index (κ3) is 3.16. The van der Waals surface area contributed by atoms with Gasteiger partial charge in [0, 0.05) is 6.07 Å². The Kier molecular flexibility index (Phi) is 5.22. The van der Waals surface area contributed by atoms with Crippen LogP contribution in [0.4, 0.5) is 5.69 Å². The molecule has 0 amide bonds. The summed E-state index contributed by atoms with van der Waals surface area (Å²) < 4.78 is 9.87. The Hall–Kier alpha value is -1.72. The number of aliphatic hydroxyl groups excluding tert-OH is 3. The van der Waals surface area contributed by atoms with Gasteiger partial charge in [0.25, 0.3) is 5.69 Å². The summed E-state index contributed by atoms with van der Waals surface area (Å²) in [5.41, 5.74) is -0.294. The Balaban J connectivity index is 2.45. The number of para-hydroxylation sites is 1. The number of benzene rings is 1. The minimum atomic E-state index is -2.13. The predicted molar refractivity (Wildman–Crippen MR) is 77.7 cm³/mol. The van der Waals surface area contributed by atoms with E-state index in [1.54, 1.807) is 0 Å². The van der Waals surface area contributed by atoms with Crippen LogP contribution in [0.3, 0.4) is 0 Å². The highest BCUT2D eigenvalue weighted by Crippen LogP contribution is 2.44. The van der Waals surface area contributed by atoms with Gasteiger partial charge in [0.1, 0.15) is 18.3 Å². The Morgan fingerprint density at radius 3 is 2.70 bits per heavy atom. The topological polar surface area (TPSA) is 139 Å². The molecule has 4 atom stereocenters. The number of hydrogen-bond acceptors (Lipinski definition) is 9. The Labute approximate surface area is 135 Å². The largest absolute Gasteiger partial charge is 0.466 e. The number of thioether (sulfide) groups is 1. The van der Waals surface area contributed by atoms with Gasteiger partial charge in [-0.3, -0.25) is 10.1 Å². The van der Waals surface area contributed by atoms with Gasteiger partial charge in [0.2, 0.25) is 4.93 Å². The fourth-order valence-electron chi connectivity index (χ4n) is 2.14. The van der Waals surface area contributed by atoms with Gasteiger partial charge in [-0.1, -0.05) is 23.9 Å². The van der Waals surface area contributed by atoms with Gasteiger partial charge in [-0.15, -0.1) is 0 Å². The van der Waals surface area contributed by atoms with Crippen molar-refractivity contribution in [2.45, 2.75) is 28.1 Å². The monoisotopic (exact) mass is 345 g/mol. The zero-order chi connectivity index (χ0) is 17.2. The maximum Gasteiger partial charge on any atom is 0.352 e. The van der Waals surface area contributed by atoms with E-state index in [0.29, 0.717) is 11.8 Å². The lowest BCUT2D eigenvalue weighted by Crippen LogP contribution is -2.62. The number of carbonyl (C=O) groups is 1. The maximum absolute atomic E-state index is 12.1. The second kappa shape index (κ2) is 6.81. The second-order valence-corrected chi connectivity index (χ2v) is 6.05. The van der Waals surface area contributed by atoms with Crippen LogP contribution in [0, 0.1) is 10.1 Å². The molecule has 0 saturated carbocycles. The van der Waals surface area contributed by atoms with Crippen LogP contribution in [0.5, 0.6) is 0 Å². The zero-order valence-electron chi connectivity index (χ0n) is 12.0. The number of methoxy groups -OCH3 is 1. The summed E-state index contributed by atoms with van der Waals surface area (Å²) in [7, 11) is 1.05. The molecule has 1 aliphatic heterocycles. The van der Waals surface area contributed by atoms with Crippen LogP contribution in [0.2, 0.25) is 0 Å². The van der Waals surface area contributed by atoms with Gasteiger partial charge < -0.3 is 24.8 Å². The van der Waals surface area contributed by atoms with E-state index in [2.05, 4.69) is 4.74 Å². The molecular weight excluding hydrogens is 330 g/mol. The summed E-state index contributed by atoms with van der Waals surface area (Å²) in [5.74, 6) is -1.03. The van der Waals surface area contributed by atoms with E-state index in [1.165, 1.54) is 24.3 Å². The lowest BCUT2D eigenvalue weighted by molar-refractivity contribution is -0.387. The number of nitrogens with zero attached hydrogens (tertiary/aromatic N) is 1. The van der Waals surface area contributed by atoms with Crippen LogP contribution in [-0.4, -0.2) is 63.2 Å². The van der Waals surface area contributed by atoms with E-state index < -0.39 is 40.7 Å². The second-order valence-electron chi connectivity index (χ2n) is 4.80. The summed E-state index contributed by atoms with van der Waals surface area (Å²) in [4.78, 5) is 20.5. The number of ether oxygens (including phenoxy) is 2. The first-order chi connectivity index (χ1) is 10.8. The Morgan fingerprint density at radius 1 is 1.43 bits per heavy atom. The van der Waals surface area contributed by atoms with Gasteiger partial charge in [0.05, 0.1) is 23.5 Å². The third-order valence-electron chi connectivity index (χ3n) is 3.37. The first-order valence-electron chi connectivity index (χ1n) is 6.52. The lowest BCUT2D eigenvalue weighted by Gasteiger charge is -2.42. The smallest absolute Gasteiger partial charge is 0.352 e. The van der Waals surface area contributed by atoms with Crippen molar-refractivity contribution in [2.75, 3.05) is 13.7 Å². The van der Waals surface area contributed by atoms with Gasteiger partial charge in [-0.2, -0.15) is 0 Å². The van der Waals surface area contributed by atoms with Crippen molar-refractivity contribution >= 4 is 23.4 Å². The molecule has 0 spiro atoms. The van der Waals surface area contributed by atoms with Crippen LogP contribution in [-0.2, 0) is 14.3 Å². The molecule has 2 rings (SSSR count). The molecule has 1 aromatic carbocycles. The SMILES string of the molecule is COC(=O)[C@]1(Sc2ccccc2[N+](=O)[O-])OC[C@@H](O)[C@@H](O)[C@@H]1O. The van der Waals surface area contributed by atoms with Crippen molar-refractivity contribution in [1.82, 2.24) is 0 Å². The van der Waals surface area contributed by atoms with Crippen LogP contribution in [0.25, 0.3) is 0 Å². The predicted octanol–water partition coefficient (Wildman–Crippen LogP) is -0.331. The molecule has 0 aromatic heterocycles. The molecule has 3 N–H and O–H groups in total. The molecule has 0 bridgehead atoms. The van der Waals surface area contributed by atoms with Gasteiger partial charge >= 0.3 is 5.97 Å². The van der Waals surface area contributed by atoms with Crippen LogP contribution in [0.15, 0.2) is 29.2 Å². The highest BCUT2D eigenvalue weighted by atomic mass is 32.2. The van der Waals surface area contributed by atoms with Crippen molar-refractivity contribution in [3.8, 4) is 0 Å². The van der Waals surface area contributed by atoms with E-state index >= 15 is 0 Å². The van der Waals surface area contributed by atoms with Crippen LogP contribution >= 0.6 is 11.8 Å². The third-order valence-corrected chi connectivity index (χ3v) is 4.76. The number of carbonyl (C=O) groups excluding carboxylic acids is 1. The normalized spacial score (nSPS) is 30.7. The van der Waals surface area contributed by atoms with Crippen molar-refractivity contribution in [3.63, 3.8) is 0 Å². The number of esters is 1. The Morgan fingerprint density at radius 2 is 2.09 bits per heavy atom. The van der Waals surface area contributed by atoms with Crippen LogP contribution in [0.1, 0.15) is 0 Å². The maximum atomic E-state index is 12.1. The standard InChI is InChI=1S/C13H15NO8S/c1-21-12(18)13(11(17)10(16)8(15)6-22-13)23-9-5-3-2-4-7(9)14(19)20/h2-5,8,10-11,15-17H,6H2,1H3/t8-,10-,11+,13+/m1/s1. The average Bonchev–Trinajstić information content (AvgIpc) is 2.55. The van der Waals surface area contributed by atoms with Crippen molar-refractivity contribution in [3.05, 3.63) is 34.4 Å². The molecule has 1 fully saturated rings. The molecule has 0 unspecified atom stereocenters. The fourth-order valence-corrected chi connectivity index (χ4v) is 3.41. The average molecular weight is 345 g/mol. The molecule has 1 aromatic rings. The molecule has 0 aliphatic carbocycles. The van der Waals surface area contributed by atoms with Crippen molar-refractivity contribution in [1.29, 1.82) is 0 Å². The molecule has 0 radical (unpaired) electrons. The summed E-state index contributed by atoms with van der Waals surface area (Å²) in [5, 5.41) is 40.7. The number of aliphatic hydroxyl groups is 3. The summed E-state index contributed by atoms with van der Waals surface area (Å²) in [6.45, 7) is -0.443. The first kappa shape index (κ1) is 17.6. The van der Waals surface area contributed by atoms with Gasteiger partial charge in [-0.25, -0.2) is 4.79 Å². The van der Waals surface area contributed by atoms with Crippen LogP contribution < -0.4 is 0 Å². The number of hydrogen-bond donors (Lipinski definition) is 3. The number of nitro groups is 1. The lowest BCUT2D eigenvalue weighted by atomic mass is 9.99. The Bertz CT molecular complexity index is 611. The minimum absolute atomic E-state index is 0.0468. The van der Waals surface area contributed by atoms with E-state index in [0.717, 1.165) is 7.11 Å². The fraction of sp³-hybridized carbons (Fsp3) is 0.462. The number of nitro benzene ring substituents is 1. The molecule has 126 valence electrons. The molecular formula is C13H15NO8S. The summed E-state index contributed by atoms with van der Waals surface area (Å²) in [6, 6.07) is 5.57.